The molecule has 6 heteroatoms. The van der Waals surface area contributed by atoms with Gasteiger partial charge < -0.3 is 10.1 Å². The first-order valence-electron chi connectivity index (χ1n) is 5.89. The molecule has 1 saturated heterocycles. The van der Waals surface area contributed by atoms with Crippen molar-refractivity contribution in [1.82, 2.24) is 10.6 Å². The van der Waals surface area contributed by atoms with Gasteiger partial charge in [-0.3, -0.25) is 19.7 Å². The van der Waals surface area contributed by atoms with E-state index in [9.17, 15) is 14.4 Å². The van der Waals surface area contributed by atoms with Crippen LogP contribution in [0, 0.1) is 0 Å². The highest BCUT2D eigenvalue weighted by Crippen LogP contribution is 2.12. The van der Waals surface area contributed by atoms with E-state index in [4.69, 9.17) is 4.74 Å². The van der Waals surface area contributed by atoms with Crippen LogP contribution in [0.5, 0.6) is 5.75 Å². The normalized spacial score (nSPS) is 18.7. The molecule has 2 rings (SSSR count). The van der Waals surface area contributed by atoms with E-state index in [1.54, 1.807) is 31.4 Å². The molecule has 0 saturated carbocycles. The molecule has 0 spiro atoms. The fourth-order valence-electron chi connectivity index (χ4n) is 1.82. The lowest BCUT2D eigenvalue weighted by Crippen LogP contribution is -2.52. The van der Waals surface area contributed by atoms with Crippen LogP contribution >= 0.6 is 0 Å². The smallest absolute Gasteiger partial charge is 0.251 e. The van der Waals surface area contributed by atoms with Crippen molar-refractivity contribution in [3.05, 3.63) is 29.8 Å². The van der Waals surface area contributed by atoms with Crippen molar-refractivity contribution >= 4 is 17.7 Å². The lowest BCUT2D eigenvalue weighted by molar-refractivity contribution is -0.134. The largest absolute Gasteiger partial charge is 0.497 e. The monoisotopic (exact) mass is 262 g/mol. The van der Waals surface area contributed by atoms with E-state index in [0.29, 0.717) is 17.7 Å². The molecule has 0 aliphatic carbocycles. The number of methoxy groups -OCH3 is 1. The number of rotatable bonds is 3. The van der Waals surface area contributed by atoms with Crippen LogP contribution in [0.3, 0.4) is 0 Å². The summed E-state index contributed by atoms with van der Waals surface area (Å²) < 4.78 is 4.99. The van der Waals surface area contributed by atoms with E-state index in [0.717, 1.165) is 0 Å². The maximum Gasteiger partial charge on any atom is 0.251 e. The minimum atomic E-state index is -0.660. The maximum absolute atomic E-state index is 11.9. The molecule has 1 aromatic carbocycles. The van der Waals surface area contributed by atoms with E-state index in [1.165, 1.54) is 0 Å². The summed E-state index contributed by atoms with van der Waals surface area (Å²) in [6.45, 7) is 0. The van der Waals surface area contributed by atoms with Crippen molar-refractivity contribution in [2.75, 3.05) is 7.11 Å². The predicted octanol–water partition coefficient (Wildman–Crippen LogP) is 0.230. The Morgan fingerprint density at radius 2 is 2.00 bits per heavy atom. The number of amides is 3. The number of benzene rings is 1. The SMILES string of the molecule is COc1ccc(C(=O)NC2CCC(=O)NC2=O)cc1. The van der Waals surface area contributed by atoms with Crippen LogP contribution in [0.4, 0.5) is 0 Å². The zero-order chi connectivity index (χ0) is 13.8. The fraction of sp³-hybridized carbons (Fsp3) is 0.308. The van der Waals surface area contributed by atoms with Gasteiger partial charge in [0.25, 0.3) is 5.91 Å². The van der Waals surface area contributed by atoms with Gasteiger partial charge in [0.05, 0.1) is 7.11 Å². The third-order valence-corrected chi connectivity index (χ3v) is 2.90. The summed E-state index contributed by atoms with van der Waals surface area (Å²) in [6, 6.07) is 5.89. The molecule has 1 aliphatic heterocycles. The van der Waals surface area contributed by atoms with Crippen LogP contribution in [-0.2, 0) is 9.59 Å². The second kappa shape index (κ2) is 5.51. The summed E-state index contributed by atoms with van der Waals surface area (Å²) >= 11 is 0. The van der Waals surface area contributed by atoms with Crippen molar-refractivity contribution in [2.24, 2.45) is 0 Å². The number of ether oxygens (including phenoxy) is 1. The summed E-state index contributed by atoms with van der Waals surface area (Å²) in [6.07, 6.45) is 0.561. The van der Waals surface area contributed by atoms with Crippen molar-refractivity contribution < 1.29 is 19.1 Å². The first-order valence-corrected chi connectivity index (χ1v) is 5.89. The van der Waals surface area contributed by atoms with Crippen LogP contribution in [-0.4, -0.2) is 30.9 Å². The lowest BCUT2D eigenvalue weighted by Gasteiger charge is -2.21. The van der Waals surface area contributed by atoms with E-state index in [1.807, 2.05) is 0 Å². The summed E-state index contributed by atoms with van der Waals surface area (Å²) in [5, 5.41) is 4.79. The van der Waals surface area contributed by atoms with Gasteiger partial charge in [-0.2, -0.15) is 0 Å². The number of carbonyl (C=O) groups excluding carboxylic acids is 3. The van der Waals surface area contributed by atoms with Crippen molar-refractivity contribution in [3.63, 3.8) is 0 Å². The maximum atomic E-state index is 11.9. The topological polar surface area (TPSA) is 84.5 Å². The Bertz CT molecular complexity index is 510. The lowest BCUT2D eigenvalue weighted by atomic mass is 10.1. The number of piperidine rings is 1. The van der Waals surface area contributed by atoms with Crippen LogP contribution in [0.15, 0.2) is 24.3 Å². The van der Waals surface area contributed by atoms with Crippen molar-refractivity contribution in [2.45, 2.75) is 18.9 Å². The van der Waals surface area contributed by atoms with Gasteiger partial charge in [-0.15, -0.1) is 0 Å². The quantitative estimate of drug-likeness (QED) is 0.764. The van der Waals surface area contributed by atoms with Crippen molar-refractivity contribution in [3.8, 4) is 5.75 Å². The summed E-state index contributed by atoms with van der Waals surface area (Å²) in [4.78, 5) is 34.4. The zero-order valence-electron chi connectivity index (χ0n) is 10.4. The average molecular weight is 262 g/mol. The molecule has 19 heavy (non-hydrogen) atoms. The molecule has 1 unspecified atom stereocenters. The molecule has 1 heterocycles. The Morgan fingerprint density at radius 3 is 2.58 bits per heavy atom. The molecular formula is C13H14N2O4. The van der Waals surface area contributed by atoms with Gasteiger partial charge in [0.1, 0.15) is 11.8 Å². The molecule has 1 fully saturated rings. The van der Waals surface area contributed by atoms with E-state index < -0.39 is 11.9 Å². The minimum absolute atomic E-state index is 0.235. The molecule has 3 amide bonds. The summed E-state index contributed by atoms with van der Waals surface area (Å²) in [7, 11) is 1.54. The third kappa shape index (κ3) is 3.09. The average Bonchev–Trinajstić information content (AvgIpc) is 2.42. The number of nitrogens with one attached hydrogen (secondary N) is 2. The summed E-state index contributed by atoms with van der Waals surface area (Å²) in [5.41, 5.74) is 0.436. The van der Waals surface area contributed by atoms with Crippen LogP contribution < -0.4 is 15.4 Å². The fourth-order valence-corrected chi connectivity index (χ4v) is 1.82. The molecule has 0 bridgehead atoms. The highest BCUT2D eigenvalue weighted by atomic mass is 16.5. The predicted molar refractivity (Wildman–Crippen MR) is 66.6 cm³/mol. The van der Waals surface area contributed by atoms with E-state index >= 15 is 0 Å². The Hall–Kier alpha value is -2.37. The van der Waals surface area contributed by atoms with Crippen LogP contribution in [0.25, 0.3) is 0 Å². The molecule has 2 N–H and O–H groups in total. The Labute approximate surface area is 110 Å². The second-order valence-electron chi connectivity index (χ2n) is 4.21. The molecule has 0 aromatic heterocycles. The standard InChI is InChI=1S/C13H14N2O4/c1-19-9-4-2-8(3-5-9)12(17)14-10-6-7-11(16)15-13(10)18/h2-5,10H,6-7H2,1H3,(H,14,17)(H,15,16,18). The van der Waals surface area contributed by atoms with Gasteiger partial charge in [-0.25, -0.2) is 0 Å². The molecule has 0 radical (unpaired) electrons. The number of hydrogen-bond acceptors (Lipinski definition) is 4. The van der Waals surface area contributed by atoms with Crippen molar-refractivity contribution in [1.29, 1.82) is 0 Å². The second-order valence-corrected chi connectivity index (χ2v) is 4.21. The minimum Gasteiger partial charge on any atom is -0.497 e. The molecule has 1 atom stereocenters. The first-order chi connectivity index (χ1) is 9.10. The first kappa shape index (κ1) is 13.1. The van der Waals surface area contributed by atoms with E-state index in [-0.39, 0.29) is 18.2 Å². The van der Waals surface area contributed by atoms with Gasteiger partial charge in [0.2, 0.25) is 11.8 Å². The van der Waals surface area contributed by atoms with Gasteiger partial charge in [0.15, 0.2) is 0 Å². The number of imide groups is 1. The van der Waals surface area contributed by atoms with Crippen LogP contribution in [0.1, 0.15) is 23.2 Å². The molecular weight excluding hydrogens is 248 g/mol. The van der Waals surface area contributed by atoms with Gasteiger partial charge in [0, 0.05) is 12.0 Å². The van der Waals surface area contributed by atoms with E-state index in [2.05, 4.69) is 10.6 Å². The third-order valence-electron chi connectivity index (χ3n) is 2.90. The summed E-state index contributed by atoms with van der Waals surface area (Å²) in [5.74, 6) is -0.465. The number of carbonyl (C=O) groups is 3. The van der Waals surface area contributed by atoms with Gasteiger partial charge in [-0.05, 0) is 30.7 Å². The molecule has 6 nitrogen and oxygen atoms in total. The Kier molecular flexibility index (Phi) is 3.79. The van der Waals surface area contributed by atoms with Gasteiger partial charge >= 0.3 is 0 Å². The van der Waals surface area contributed by atoms with Crippen LogP contribution in [0.2, 0.25) is 0 Å². The molecule has 100 valence electrons. The zero-order valence-corrected chi connectivity index (χ0v) is 10.4. The Morgan fingerprint density at radius 1 is 1.32 bits per heavy atom. The molecule has 1 aliphatic rings. The number of hydrogen-bond donors (Lipinski definition) is 2. The highest BCUT2D eigenvalue weighted by molar-refractivity contribution is 6.03. The molecule has 1 aromatic rings. The van der Waals surface area contributed by atoms with Gasteiger partial charge in [-0.1, -0.05) is 0 Å². The highest BCUT2D eigenvalue weighted by Gasteiger charge is 2.27. The Balaban J connectivity index is 2.00.